The minimum absolute atomic E-state index is 0.401. The van der Waals surface area contributed by atoms with Crippen LogP contribution in [0.2, 0.25) is 0 Å². The highest BCUT2D eigenvalue weighted by Gasteiger charge is 2.02. The van der Waals surface area contributed by atoms with E-state index in [1.807, 2.05) is 18.2 Å². The molecule has 0 aliphatic rings. The Balaban J connectivity index is 2.11. The van der Waals surface area contributed by atoms with Crippen molar-refractivity contribution in [2.75, 3.05) is 5.33 Å². The highest BCUT2D eigenvalue weighted by Crippen LogP contribution is 2.07. The zero-order chi connectivity index (χ0) is 11.6. The van der Waals surface area contributed by atoms with Gasteiger partial charge in [-0.15, -0.1) is 0 Å². The summed E-state index contributed by atoms with van der Waals surface area (Å²) in [6.45, 7) is 0. The molecule has 0 bridgehead atoms. The summed E-state index contributed by atoms with van der Waals surface area (Å²) in [5.74, 6) is 0.401. The molecule has 0 radical (unpaired) electrons. The summed E-state index contributed by atoms with van der Waals surface area (Å²) in [5.41, 5.74) is 1.26. The number of ketones is 1. The van der Waals surface area contributed by atoms with Crippen molar-refractivity contribution in [3.8, 4) is 0 Å². The quantitative estimate of drug-likeness (QED) is 0.517. The second-order valence-electron chi connectivity index (χ2n) is 4.02. The minimum atomic E-state index is 0.401. The van der Waals surface area contributed by atoms with Gasteiger partial charge < -0.3 is 0 Å². The minimum Gasteiger partial charge on any atom is -0.300 e. The average Bonchev–Trinajstić information content (AvgIpc) is 2.33. The van der Waals surface area contributed by atoms with E-state index >= 15 is 0 Å². The summed E-state index contributed by atoms with van der Waals surface area (Å²) < 4.78 is 0. The van der Waals surface area contributed by atoms with Crippen LogP contribution in [0.4, 0.5) is 0 Å². The molecule has 0 saturated heterocycles. The Labute approximate surface area is 106 Å². The third kappa shape index (κ3) is 6.06. The maximum Gasteiger partial charge on any atom is 0.133 e. The number of carbonyl (C=O) groups is 1. The molecule has 1 aromatic carbocycles. The molecule has 0 amide bonds. The van der Waals surface area contributed by atoms with Crippen LogP contribution in [0.25, 0.3) is 0 Å². The van der Waals surface area contributed by atoms with Gasteiger partial charge in [-0.3, -0.25) is 4.79 Å². The molecular formula is C14H19BrO. The van der Waals surface area contributed by atoms with Crippen LogP contribution in [-0.4, -0.2) is 11.1 Å². The Morgan fingerprint density at radius 1 is 1.00 bits per heavy atom. The third-order valence-electron chi connectivity index (χ3n) is 2.62. The lowest BCUT2D eigenvalue weighted by Gasteiger charge is -2.01. The monoisotopic (exact) mass is 282 g/mol. The first kappa shape index (κ1) is 13.4. The number of unbranched alkanes of at least 4 members (excludes halogenated alkanes) is 2. The number of alkyl halides is 1. The van der Waals surface area contributed by atoms with Crippen molar-refractivity contribution in [3.63, 3.8) is 0 Å². The number of Topliss-reactive ketones (excluding diaryl/α,β-unsaturated/α-hetero) is 1. The molecule has 0 unspecified atom stereocenters. The molecule has 88 valence electrons. The van der Waals surface area contributed by atoms with Crippen LogP contribution in [0.15, 0.2) is 30.3 Å². The standard InChI is InChI=1S/C14H19BrO/c15-12-6-2-5-9-14(16)11-10-13-7-3-1-4-8-13/h1,3-4,7-8H,2,5-6,9-12H2. The lowest BCUT2D eigenvalue weighted by molar-refractivity contribution is -0.119. The zero-order valence-electron chi connectivity index (χ0n) is 9.62. The number of halogens is 1. The van der Waals surface area contributed by atoms with Crippen molar-refractivity contribution >= 4 is 21.7 Å². The van der Waals surface area contributed by atoms with Crippen LogP contribution >= 0.6 is 15.9 Å². The van der Waals surface area contributed by atoms with Crippen LogP contribution in [0.3, 0.4) is 0 Å². The molecule has 0 atom stereocenters. The lowest BCUT2D eigenvalue weighted by atomic mass is 10.0. The summed E-state index contributed by atoms with van der Waals surface area (Å²) in [5, 5.41) is 1.05. The van der Waals surface area contributed by atoms with E-state index in [1.54, 1.807) is 0 Å². The smallest absolute Gasteiger partial charge is 0.133 e. The van der Waals surface area contributed by atoms with Crippen molar-refractivity contribution in [3.05, 3.63) is 35.9 Å². The predicted octanol–water partition coefficient (Wildman–Crippen LogP) is 4.14. The molecule has 0 N–H and O–H groups in total. The highest BCUT2D eigenvalue weighted by atomic mass is 79.9. The molecule has 0 aliphatic heterocycles. The van der Waals surface area contributed by atoms with Crippen LogP contribution < -0.4 is 0 Å². The molecule has 0 aromatic heterocycles. The van der Waals surface area contributed by atoms with Crippen molar-refractivity contribution in [1.82, 2.24) is 0 Å². The van der Waals surface area contributed by atoms with Crippen molar-refractivity contribution in [2.45, 2.75) is 38.5 Å². The number of aryl methyl sites for hydroxylation is 1. The molecule has 0 heterocycles. The largest absolute Gasteiger partial charge is 0.300 e. The molecule has 1 aromatic rings. The fourth-order valence-corrected chi connectivity index (χ4v) is 2.04. The van der Waals surface area contributed by atoms with Crippen LogP contribution in [0, 0.1) is 0 Å². The van der Waals surface area contributed by atoms with E-state index in [-0.39, 0.29) is 0 Å². The van der Waals surface area contributed by atoms with E-state index in [1.165, 1.54) is 12.0 Å². The molecular weight excluding hydrogens is 264 g/mol. The topological polar surface area (TPSA) is 17.1 Å². The number of benzene rings is 1. The molecule has 0 saturated carbocycles. The van der Waals surface area contributed by atoms with E-state index in [9.17, 15) is 4.79 Å². The van der Waals surface area contributed by atoms with Gasteiger partial charge in [0.2, 0.25) is 0 Å². The van der Waals surface area contributed by atoms with Gasteiger partial charge >= 0.3 is 0 Å². The van der Waals surface area contributed by atoms with Gasteiger partial charge in [0.15, 0.2) is 0 Å². The number of carbonyl (C=O) groups excluding carboxylic acids is 1. The Bertz CT molecular complexity index is 295. The summed E-state index contributed by atoms with van der Waals surface area (Å²) in [6, 6.07) is 10.2. The van der Waals surface area contributed by atoms with Crippen LogP contribution in [-0.2, 0) is 11.2 Å². The van der Waals surface area contributed by atoms with Gasteiger partial charge in [0.25, 0.3) is 0 Å². The van der Waals surface area contributed by atoms with Gasteiger partial charge in [-0.05, 0) is 24.8 Å². The molecule has 16 heavy (non-hydrogen) atoms. The van der Waals surface area contributed by atoms with Crippen molar-refractivity contribution in [1.29, 1.82) is 0 Å². The van der Waals surface area contributed by atoms with Crippen molar-refractivity contribution < 1.29 is 4.79 Å². The maximum absolute atomic E-state index is 11.6. The van der Waals surface area contributed by atoms with Gasteiger partial charge in [-0.1, -0.05) is 52.7 Å². The zero-order valence-corrected chi connectivity index (χ0v) is 11.2. The summed E-state index contributed by atoms with van der Waals surface area (Å²) in [4.78, 5) is 11.6. The molecule has 2 heteroatoms. The first-order valence-electron chi connectivity index (χ1n) is 5.94. The third-order valence-corrected chi connectivity index (χ3v) is 3.19. The Hall–Kier alpha value is -0.630. The van der Waals surface area contributed by atoms with Gasteiger partial charge in [0, 0.05) is 18.2 Å². The predicted molar refractivity (Wildman–Crippen MR) is 72.0 cm³/mol. The van der Waals surface area contributed by atoms with Crippen LogP contribution in [0.5, 0.6) is 0 Å². The lowest BCUT2D eigenvalue weighted by Crippen LogP contribution is -2.00. The molecule has 0 spiro atoms. The van der Waals surface area contributed by atoms with E-state index < -0.39 is 0 Å². The second kappa shape index (κ2) is 8.51. The normalized spacial score (nSPS) is 10.3. The number of hydrogen-bond acceptors (Lipinski definition) is 1. The summed E-state index contributed by atoms with van der Waals surface area (Å²) in [7, 11) is 0. The van der Waals surface area contributed by atoms with E-state index in [4.69, 9.17) is 0 Å². The van der Waals surface area contributed by atoms with Gasteiger partial charge in [0.1, 0.15) is 5.78 Å². The number of hydrogen-bond donors (Lipinski definition) is 0. The average molecular weight is 283 g/mol. The fraction of sp³-hybridized carbons (Fsp3) is 0.500. The van der Waals surface area contributed by atoms with Gasteiger partial charge in [0.05, 0.1) is 0 Å². The molecule has 0 aliphatic carbocycles. The summed E-state index contributed by atoms with van der Waals surface area (Å²) in [6.07, 6.45) is 5.70. The van der Waals surface area contributed by atoms with Gasteiger partial charge in [-0.2, -0.15) is 0 Å². The first-order valence-corrected chi connectivity index (χ1v) is 7.06. The van der Waals surface area contributed by atoms with E-state index in [2.05, 4.69) is 28.1 Å². The summed E-state index contributed by atoms with van der Waals surface area (Å²) >= 11 is 3.39. The van der Waals surface area contributed by atoms with Gasteiger partial charge in [-0.25, -0.2) is 0 Å². The highest BCUT2D eigenvalue weighted by molar-refractivity contribution is 9.09. The first-order chi connectivity index (χ1) is 7.83. The SMILES string of the molecule is O=C(CCCCCBr)CCc1ccccc1. The Kier molecular flexibility index (Phi) is 7.15. The second-order valence-corrected chi connectivity index (χ2v) is 4.82. The Morgan fingerprint density at radius 2 is 1.75 bits per heavy atom. The van der Waals surface area contributed by atoms with E-state index in [0.29, 0.717) is 12.2 Å². The molecule has 1 rings (SSSR count). The molecule has 0 fully saturated rings. The molecule has 1 nitrogen and oxygen atoms in total. The van der Waals surface area contributed by atoms with Crippen LogP contribution in [0.1, 0.15) is 37.7 Å². The van der Waals surface area contributed by atoms with Crippen molar-refractivity contribution in [2.24, 2.45) is 0 Å². The maximum atomic E-state index is 11.6. The fourth-order valence-electron chi connectivity index (χ4n) is 1.65. The Morgan fingerprint density at radius 3 is 2.44 bits per heavy atom. The van der Waals surface area contributed by atoms with E-state index in [0.717, 1.165) is 31.0 Å². The number of rotatable bonds is 8.